The molecular formula is C15H13FN2O. The molecule has 0 bridgehead atoms. The van der Waals surface area contributed by atoms with Crippen LogP contribution in [0.1, 0.15) is 22.9 Å². The minimum absolute atomic E-state index is 0.284. The van der Waals surface area contributed by atoms with Crippen molar-refractivity contribution >= 4 is 11.0 Å². The number of furan rings is 1. The fourth-order valence-electron chi connectivity index (χ4n) is 2.17. The van der Waals surface area contributed by atoms with Crippen LogP contribution in [0.4, 0.5) is 4.39 Å². The van der Waals surface area contributed by atoms with E-state index in [1.54, 1.807) is 24.5 Å². The smallest absolute Gasteiger partial charge is 0.134 e. The molecule has 0 radical (unpaired) electrons. The molecule has 3 nitrogen and oxygen atoms in total. The van der Waals surface area contributed by atoms with Crippen LogP contribution in [0.5, 0.6) is 0 Å². The first-order valence-corrected chi connectivity index (χ1v) is 6.00. The van der Waals surface area contributed by atoms with E-state index < -0.39 is 0 Å². The van der Waals surface area contributed by atoms with Gasteiger partial charge in [-0.3, -0.25) is 4.98 Å². The molecular weight excluding hydrogens is 243 g/mol. The van der Waals surface area contributed by atoms with Crippen molar-refractivity contribution in [2.45, 2.75) is 13.0 Å². The average molecular weight is 256 g/mol. The lowest BCUT2D eigenvalue weighted by atomic mass is 10.0. The van der Waals surface area contributed by atoms with Gasteiger partial charge >= 0.3 is 0 Å². The fourth-order valence-corrected chi connectivity index (χ4v) is 2.17. The van der Waals surface area contributed by atoms with Crippen LogP contribution in [0.2, 0.25) is 0 Å². The number of nitrogens with zero attached hydrogens (tertiary/aromatic N) is 1. The number of hydrogen-bond donors (Lipinski definition) is 1. The second-order valence-corrected chi connectivity index (χ2v) is 4.54. The summed E-state index contributed by atoms with van der Waals surface area (Å²) in [7, 11) is 0. The van der Waals surface area contributed by atoms with E-state index in [2.05, 4.69) is 4.98 Å². The number of halogens is 1. The van der Waals surface area contributed by atoms with Crippen molar-refractivity contribution in [3.8, 4) is 0 Å². The number of pyridine rings is 1. The zero-order chi connectivity index (χ0) is 13.4. The Bertz CT molecular complexity index is 736. The predicted octanol–water partition coefficient (Wildman–Crippen LogP) is 3.32. The van der Waals surface area contributed by atoms with Gasteiger partial charge in [0.1, 0.15) is 17.2 Å². The molecule has 3 aromatic rings. The summed E-state index contributed by atoms with van der Waals surface area (Å²) in [5, 5.41) is 0.720. The van der Waals surface area contributed by atoms with E-state index in [-0.39, 0.29) is 11.9 Å². The molecule has 1 unspecified atom stereocenters. The van der Waals surface area contributed by atoms with Crippen LogP contribution in [0.3, 0.4) is 0 Å². The summed E-state index contributed by atoms with van der Waals surface area (Å²) < 4.78 is 18.8. The Hall–Kier alpha value is -2.20. The average Bonchev–Trinajstić information content (AvgIpc) is 2.81. The van der Waals surface area contributed by atoms with Gasteiger partial charge in [-0.15, -0.1) is 0 Å². The normalized spacial score (nSPS) is 12.8. The molecule has 19 heavy (non-hydrogen) atoms. The number of rotatable bonds is 2. The van der Waals surface area contributed by atoms with Gasteiger partial charge < -0.3 is 10.2 Å². The Kier molecular flexibility index (Phi) is 2.80. The Balaban J connectivity index is 2.07. The first kappa shape index (κ1) is 11.9. The molecule has 2 heterocycles. The van der Waals surface area contributed by atoms with Crippen molar-refractivity contribution in [2.75, 3.05) is 0 Å². The van der Waals surface area contributed by atoms with Gasteiger partial charge in [0.15, 0.2) is 0 Å². The van der Waals surface area contributed by atoms with Crippen LogP contribution in [0.15, 0.2) is 47.1 Å². The number of hydrogen-bond acceptors (Lipinski definition) is 3. The van der Waals surface area contributed by atoms with Gasteiger partial charge in [-0.25, -0.2) is 4.39 Å². The highest BCUT2D eigenvalue weighted by atomic mass is 19.1. The maximum absolute atomic E-state index is 13.2. The zero-order valence-corrected chi connectivity index (χ0v) is 10.4. The minimum Gasteiger partial charge on any atom is -0.459 e. The third kappa shape index (κ3) is 2.11. The van der Waals surface area contributed by atoms with Crippen molar-refractivity contribution in [2.24, 2.45) is 5.73 Å². The zero-order valence-electron chi connectivity index (χ0n) is 10.4. The van der Waals surface area contributed by atoms with Gasteiger partial charge in [0.25, 0.3) is 0 Å². The van der Waals surface area contributed by atoms with Crippen LogP contribution in [0.25, 0.3) is 11.0 Å². The quantitative estimate of drug-likeness (QED) is 0.765. The summed E-state index contributed by atoms with van der Waals surface area (Å²) >= 11 is 0. The molecule has 0 aliphatic carbocycles. The lowest BCUT2D eigenvalue weighted by molar-refractivity contribution is 0.523. The third-order valence-electron chi connectivity index (χ3n) is 3.20. The van der Waals surface area contributed by atoms with Crippen LogP contribution < -0.4 is 5.73 Å². The molecule has 0 aliphatic rings. The third-order valence-corrected chi connectivity index (χ3v) is 3.20. The molecule has 4 heteroatoms. The van der Waals surface area contributed by atoms with E-state index in [1.165, 1.54) is 12.1 Å². The second-order valence-electron chi connectivity index (χ2n) is 4.54. The van der Waals surface area contributed by atoms with Gasteiger partial charge in [0.2, 0.25) is 0 Å². The van der Waals surface area contributed by atoms with E-state index in [4.69, 9.17) is 10.2 Å². The van der Waals surface area contributed by atoms with Gasteiger partial charge in [0.05, 0.1) is 6.04 Å². The highest BCUT2D eigenvalue weighted by Crippen LogP contribution is 2.28. The van der Waals surface area contributed by atoms with Gasteiger partial charge in [-0.05, 0) is 48.4 Å². The van der Waals surface area contributed by atoms with E-state index in [0.29, 0.717) is 11.3 Å². The molecule has 0 saturated heterocycles. The molecule has 2 N–H and O–H groups in total. The number of benzene rings is 1. The van der Waals surface area contributed by atoms with Crippen molar-refractivity contribution in [3.63, 3.8) is 0 Å². The van der Waals surface area contributed by atoms with Gasteiger partial charge in [-0.1, -0.05) is 0 Å². The summed E-state index contributed by atoms with van der Waals surface area (Å²) in [5.41, 5.74) is 8.80. The Morgan fingerprint density at radius 3 is 2.89 bits per heavy atom. The molecule has 1 aromatic carbocycles. The maximum Gasteiger partial charge on any atom is 0.134 e. The van der Waals surface area contributed by atoms with Crippen molar-refractivity contribution in [1.82, 2.24) is 4.98 Å². The topological polar surface area (TPSA) is 52.0 Å². The molecule has 0 spiro atoms. The lowest BCUT2D eigenvalue weighted by Gasteiger charge is -2.11. The Labute approximate surface area is 109 Å². The highest BCUT2D eigenvalue weighted by Gasteiger charge is 2.16. The molecule has 1 atom stereocenters. The van der Waals surface area contributed by atoms with E-state index in [0.717, 1.165) is 16.5 Å². The molecule has 0 saturated carbocycles. The summed E-state index contributed by atoms with van der Waals surface area (Å²) in [6.07, 6.45) is 3.46. The van der Waals surface area contributed by atoms with Crippen LogP contribution in [-0.2, 0) is 0 Å². The van der Waals surface area contributed by atoms with Crippen molar-refractivity contribution < 1.29 is 8.81 Å². The highest BCUT2D eigenvalue weighted by molar-refractivity contribution is 5.78. The summed E-state index contributed by atoms with van der Waals surface area (Å²) in [6, 6.07) is 7.70. The largest absolute Gasteiger partial charge is 0.459 e. The van der Waals surface area contributed by atoms with Crippen LogP contribution in [-0.4, -0.2) is 4.98 Å². The first-order valence-electron chi connectivity index (χ1n) is 6.00. The van der Waals surface area contributed by atoms with Crippen LogP contribution in [0, 0.1) is 12.7 Å². The monoisotopic (exact) mass is 256 g/mol. The number of nitrogens with two attached hydrogens (primary N) is 1. The molecule has 0 amide bonds. The second kappa shape index (κ2) is 4.48. The Morgan fingerprint density at radius 2 is 2.11 bits per heavy atom. The number of fused-ring (bicyclic) bond motifs is 1. The molecule has 0 fully saturated rings. The van der Waals surface area contributed by atoms with Gasteiger partial charge in [-0.2, -0.15) is 0 Å². The summed E-state index contributed by atoms with van der Waals surface area (Å²) in [5.74, 6) is 0.336. The Morgan fingerprint density at radius 1 is 1.26 bits per heavy atom. The number of aromatic nitrogens is 1. The predicted molar refractivity (Wildman–Crippen MR) is 71.2 cm³/mol. The van der Waals surface area contributed by atoms with Crippen molar-refractivity contribution in [1.29, 1.82) is 0 Å². The fraction of sp³-hybridized carbons (Fsp3) is 0.133. The van der Waals surface area contributed by atoms with E-state index in [9.17, 15) is 4.39 Å². The number of aryl methyl sites for hydroxylation is 1. The maximum atomic E-state index is 13.2. The van der Waals surface area contributed by atoms with E-state index >= 15 is 0 Å². The molecule has 2 aromatic heterocycles. The van der Waals surface area contributed by atoms with Crippen LogP contribution >= 0.6 is 0 Å². The van der Waals surface area contributed by atoms with Crippen molar-refractivity contribution in [3.05, 3.63) is 65.4 Å². The minimum atomic E-state index is -0.376. The van der Waals surface area contributed by atoms with Gasteiger partial charge in [0, 0.05) is 17.8 Å². The molecule has 96 valence electrons. The first-order chi connectivity index (χ1) is 9.15. The lowest BCUT2D eigenvalue weighted by Crippen LogP contribution is -2.12. The summed E-state index contributed by atoms with van der Waals surface area (Å²) in [4.78, 5) is 4.04. The standard InChI is InChI=1S/C15H13FN2O/c1-9-8-18-5-4-12(9)15(17)14-7-10-6-11(16)2-3-13(10)19-14/h2-8,15H,17H2,1H3. The molecule has 3 rings (SSSR count). The SMILES string of the molecule is Cc1cnccc1C(N)c1cc2cc(F)ccc2o1. The van der Waals surface area contributed by atoms with E-state index in [1.807, 2.05) is 13.0 Å². The summed E-state index contributed by atoms with van der Waals surface area (Å²) in [6.45, 7) is 1.95. The molecule has 0 aliphatic heterocycles.